The Morgan fingerprint density at radius 3 is 2.15 bits per heavy atom. The van der Waals surface area contributed by atoms with Crippen molar-refractivity contribution < 1.29 is 4.79 Å². The van der Waals surface area contributed by atoms with Crippen LogP contribution < -0.4 is 5.73 Å². The first-order valence-corrected chi connectivity index (χ1v) is 4.23. The van der Waals surface area contributed by atoms with Crippen LogP contribution in [-0.4, -0.2) is 36.9 Å². The van der Waals surface area contributed by atoms with Crippen LogP contribution in [0, 0.1) is 5.41 Å². The molecule has 2 bridgehead atoms. The van der Waals surface area contributed by atoms with Gasteiger partial charge in [-0.2, -0.15) is 0 Å². The van der Waals surface area contributed by atoms with Crippen molar-refractivity contribution in [3.63, 3.8) is 0 Å². The van der Waals surface area contributed by atoms with E-state index >= 15 is 0 Å². The zero-order valence-electron chi connectivity index (χ0n) is 7.49. The average Bonchev–Trinajstić information content (AvgIpc) is 2.62. The summed E-state index contributed by atoms with van der Waals surface area (Å²) in [6.45, 7) is 3.41. The van der Waals surface area contributed by atoms with E-state index in [2.05, 4.69) is 4.90 Å². The van der Waals surface area contributed by atoms with Crippen molar-refractivity contribution in [2.24, 2.45) is 11.1 Å². The maximum absolute atomic E-state index is 11.4. The average molecular weight is 227 g/mol. The van der Waals surface area contributed by atoms with Crippen LogP contribution in [0.25, 0.3) is 0 Å². The van der Waals surface area contributed by atoms with Crippen LogP contribution in [0.5, 0.6) is 0 Å². The zero-order chi connectivity index (χ0) is 7.90. The summed E-state index contributed by atoms with van der Waals surface area (Å²) in [6, 6.07) is 0. The number of nitrogens with two attached hydrogens (primary N) is 1. The normalized spacial score (nSPS) is 35.0. The molecule has 2 aliphatic heterocycles. The Labute approximate surface area is 90.8 Å². The van der Waals surface area contributed by atoms with Gasteiger partial charge in [0.25, 0.3) is 0 Å². The molecule has 0 aromatic rings. The van der Waals surface area contributed by atoms with Crippen molar-refractivity contribution in [2.45, 2.75) is 12.8 Å². The second-order valence-corrected chi connectivity index (χ2v) is 3.68. The van der Waals surface area contributed by atoms with Crippen molar-refractivity contribution in [2.75, 3.05) is 26.2 Å². The first-order valence-electron chi connectivity index (χ1n) is 4.23. The summed E-state index contributed by atoms with van der Waals surface area (Å²) < 4.78 is 0. The van der Waals surface area contributed by atoms with E-state index in [4.69, 9.17) is 5.73 Å². The molecule has 13 heavy (non-hydrogen) atoms. The molecule has 0 amide bonds. The van der Waals surface area contributed by atoms with Crippen molar-refractivity contribution in [3.05, 3.63) is 0 Å². The smallest absolute Gasteiger partial charge is 0.153 e. The number of halogens is 2. The molecule has 0 spiro atoms. The van der Waals surface area contributed by atoms with E-state index in [0.717, 1.165) is 32.5 Å². The van der Waals surface area contributed by atoms with Gasteiger partial charge in [0.1, 0.15) is 0 Å². The highest BCUT2D eigenvalue weighted by Gasteiger charge is 2.47. The Balaban J connectivity index is 0.000000720. The second-order valence-electron chi connectivity index (χ2n) is 3.68. The molecule has 0 saturated carbocycles. The highest BCUT2D eigenvalue weighted by atomic mass is 35.5. The minimum Gasteiger partial charge on any atom is -0.324 e. The molecule has 0 aromatic carbocycles. The molecule has 0 atom stereocenters. The first-order chi connectivity index (χ1) is 5.27. The number of hydrogen-bond acceptors (Lipinski definition) is 3. The van der Waals surface area contributed by atoms with Gasteiger partial charge in [-0.25, -0.2) is 0 Å². The SMILES string of the molecule is Cl.Cl.NCC(=O)C12CCN(CC1)C2. The summed E-state index contributed by atoms with van der Waals surface area (Å²) in [6.07, 6.45) is 2.09. The second kappa shape index (κ2) is 4.60. The lowest BCUT2D eigenvalue weighted by Crippen LogP contribution is -2.35. The van der Waals surface area contributed by atoms with Gasteiger partial charge in [-0.05, 0) is 25.9 Å². The molecule has 2 aliphatic rings. The van der Waals surface area contributed by atoms with Crippen molar-refractivity contribution in [1.29, 1.82) is 0 Å². The van der Waals surface area contributed by atoms with Gasteiger partial charge >= 0.3 is 0 Å². The van der Waals surface area contributed by atoms with Crippen molar-refractivity contribution in [3.8, 4) is 0 Å². The number of carbonyl (C=O) groups is 1. The van der Waals surface area contributed by atoms with E-state index in [1.807, 2.05) is 0 Å². The van der Waals surface area contributed by atoms with Crippen LogP contribution in [0.15, 0.2) is 0 Å². The maximum Gasteiger partial charge on any atom is 0.153 e. The van der Waals surface area contributed by atoms with Crippen LogP contribution in [-0.2, 0) is 4.79 Å². The third-order valence-corrected chi connectivity index (χ3v) is 3.12. The van der Waals surface area contributed by atoms with Crippen LogP contribution in [0.4, 0.5) is 0 Å². The number of Topliss-reactive ketones (excluding diaryl/α,β-unsaturated/α-hetero) is 1. The molecule has 0 unspecified atom stereocenters. The lowest BCUT2D eigenvalue weighted by Gasteiger charge is -2.22. The fraction of sp³-hybridized carbons (Fsp3) is 0.875. The van der Waals surface area contributed by atoms with Gasteiger partial charge < -0.3 is 10.6 Å². The topological polar surface area (TPSA) is 46.3 Å². The van der Waals surface area contributed by atoms with Crippen molar-refractivity contribution >= 4 is 30.6 Å². The van der Waals surface area contributed by atoms with Crippen LogP contribution >= 0.6 is 24.8 Å². The molecule has 3 nitrogen and oxygen atoms in total. The van der Waals surface area contributed by atoms with E-state index in [1.165, 1.54) is 0 Å². The van der Waals surface area contributed by atoms with Crippen LogP contribution in [0.2, 0.25) is 0 Å². The fourth-order valence-electron chi connectivity index (χ4n) is 2.31. The Bertz CT molecular complexity index is 191. The van der Waals surface area contributed by atoms with Gasteiger partial charge in [0, 0.05) is 12.0 Å². The maximum atomic E-state index is 11.4. The molecule has 2 fully saturated rings. The number of hydrogen-bond donors (Lipinski definition) is 1. The van der Waals surface area contributed by atoms with E-state index in [-0.39, 0.29) is 42.6 Å². The predicted molar refractivity (Wildman–Crippen MR) is 56.7 cm³/mol. The third-order valence-electron chi connectivity index (χ3n) is 3.12. The lowest BCUT2D eigenvalue weighted by molar-refractivity contribution is -0.126. The minimum absolute atomic E-state index is 0. The molecule has 2 heterocycles. The van der Waals surface area contributed by atoms with E-state index in [1.54, 1.807) is 0 Å². The number of carbonyl (C=O) groups excluding carboxylic acids is 1. The van der Waals surface area contributed by atoms with Gasteiger partial charge in [-0.15, -0.1) is 24.8 Å². The number of ketones is 1. The van der Waals surface area contributed by atoms with Gasteiger partial charge in [0.05, 0.1) is 6.54 Å². The van der Waals surface area contributed by atoms with Crippen molar-refractivity contribution in [1.82, 2.24) is 4.90 Å². The predicted octanol–water partition coefficient (Wildman–Crippen LogP) is 0.454. The molecule has 0 aromatic heterocycles. The number of rotatable bonds is 2. The van der Waals surface area contributed by atoms with E-state index in [0.29, 0.717) is 0 Å². The molecule has 0 radical (unpaired) electrons. The van der Waals surface area contributed by atoms with E-state index in [9.17, 15) is 4.79 Å². The van der Waals surface area contributed by atoms with Gasteiger partial charge in [0.15, 0.2) is 5.78 Å². The van der Waals surface area contributed by atoms with Gasteiger partial charge in [-0.3, -0.25) is 4.79 Å². The largest absolute Gasteiger partial charge is 0.324 e. The minimum atomic E-state index is -0.0191. The van der Waals surface area contributed by atoms with Gasteiger partial charge in [-0.1, -0.05) is 0 Å². The number of piperidine rings is 1. The summed E-state index contributed by atoms with van der Waals surface area (Å²) in [5.74, 6) is 0.275. The highest BCUT2D eigenvalue weighted by molar-refractivity contribution is 5.87. The Hall–Kier alpha value is 0.170. The fourth-order valence-corrected chi connectivity index (χ4v) is 2.31. The molecule has 5 heteroatoms. The quantitative estimate of drug-likeness (QED) is 0.745. The molecule has 2 saturated heterocycles. The van der Waals surface area contributed by atoms with E-state index < -0.39 is 0 Å². The third kappa shape index (κ3) is 1.99. The summed E-state index contributed by atoms with van der Waals surface area (Å²) in [5, 5.41) is 0. The first kappa shape index (κ1) is 13.2. The monoisotopic (exact) mass is 226 g/mol. The summed E-state index contributed by atoms with van der Waals surface area (Å²) in [7, 11) is 0. The summed E-state index contributed by atoms with van der Waals surface area (Å²) >= 11 is 0. The van der Waals surface area contributed by atoms with Gasteiger partial charge in [0.2, 0.25) is 0 Å². The van der Waals surface area contributed by atoms with Crippen LogP contribution in [0.3, 0.4) is 0 Å². The molecule has 2 N–H and O–H groups in total. The number of nitrogens with zero attached hydrogens (tertiary/aromatic N) is 1. The summed E-state index contributed by atoms with van der Waals surface area (Å²) in [5.41, 5.74) is 5.34. The molecule has 2 rings (SSSR count). The Morgan fingerprint density at radius 1 is 1.31 bits per heavy atom. The highest BCUT2D eigenvalue weighted by Crippen LogP contribution is 2.40. The molecule has 78 valence electrons. The lowest BCUT2D eigenvalue weighted by atomic mass is 9.80. The molecule has 0 aliphatic carbocycles. The number of fused-ring (bicyclic) bond motifs is 2. The standard InChI is InChI=1S/C8H14N2O.2ClH/c9-5-7(11)8-1-3-10(6-8)4-2-8;;/h1-6,9H2;2*1H. The van der Waals surface area contributed by atoms with Crippen LogP contribution in [0.1, 0.15) is 12.8 Å². The Morgan fingerprint density at radius 2 is 1.85 bits per heavy atom. The summed E-state index contributed by atoms with van der Waals surface area (Å²) in [4.78, 5) is 13.8. The Kier molecular flexibility index (Phi) is 4.66. The molecular weight excluding hydrogens is 211 g/mol. The zero-order valence-corrected chi connectivity index (χ0v) is 9.12. The molecular formula is C8H16Cl2N2O.